The van der Waals surface area contributed by atoms with E-state index in [1.165, 1.54) is 6.92 Å². The minimum Gasteiger partial charge on any atom is -0.482 e. The molecule has 0 saturated heterocycles. The van der Waals surface area contributed by atoms with E-state index < -0.39 is 5.91 Å². The molecule has 1 aliphatic heterocycles. The summed E-state index contributed by atoms with van der Waals surface area (Å²) in [5.74, 6) is -0.633. The second-order valence-corrected chi connectivity index (χ2v) is 8.82. The van der Waals surface area contributed by atoms with E-state index in [9.17, 15) is 14.4 Å². The first-order valence-electron chi connectivity index (χ1n) is 9.81. The smallest absolute Gasteiger partial charge is 0.287 e. The standard InChI is InChI=1S/C23H19BrClN3O4/c1-12-8-21(30)28(26-12)22(31)11-32-20-9-17-19(10-18(20)24)27(13(2)23(17)14(3)29)16-6-4-15(25)5-7-16/h4-7,9-10H,8,11H2,1-3H3. The first-order valence-corrected chi connectivity index (χ1v) is 11.0. The Hall–Kier alpha value is -2.97. The van der Waals surface area contributed by atoms with Crippen LogP contribution < -0.4 is 4.74 Å². The van der Waals surface area contributed by atoms with Crippen LogP contribution in [0.1, 0.15) is 36.3 Å². The topological polar surface area (TPSA) is 81.0 Å². The highest BCUT2D eigenvalue weighted by Crippen LogP contribution is 2.37. The summed E-state index contributed by atoms with van der Waals surface area (Å²) in [5, 5.41) is 6.10. The molecular formula is C23H19BrClN3O4. The lowest BCUT2D eigenvalue weighted by Crippen LogP contribution is -2.32. The largest absolute Gasteiger partial charge is 0.482 e. The van der Waals surface area contributed by atoms with Crippen LogP contribution in [0.25, 0.3) is 16.6 Å². The SMILES string of the molecule is CC(=O)c1c(C)n(-c2ccc(Cl)cc2)c2cc(Br)c(OCC(=O)N3N=C(C)CC3=O)cc12. The van der Waals surface area contributed by atoms with E-state index in [-0.39, 0.29) is 24.7 Å². The number of fused-ring (bicyclic) bond motifs is 1. The lowest BCUT2D eigenvalue weighted by atomic mass is 10.1. The lowest BCUT2D eigenvalue weighted by molar-refractivity contribution is -0.144. The second kappa shape index (κ2) is 8.52. The lowest BCUT2D eigenvalue weighted by Gasteiger charge is -2.13. The molecule has 1 aliphatic rings. The van der Waals surface area contributed by atoms with Crippen LogP contribution in [0, 0.1) is 6.92 Å². The molecule has 4 rings (SSSR count). The van der Waals surface area contributed by atoms with Crippen molar-refractivity contribution in [3.63, 3.8) is 0 Å². The van der Waals surface area contributed by atoms with Gasteiger partial charge in [0.05, 0.1) is 16.4 Å². The fourth-order valence-corrected chi connectivity index (χ4v) is 4.42. The molecule has 1 aromatic heterocycles. The summed E-state index contributed by atoms with van der Waals surface area (Å²) in [6.45, 7) is 4.72. The summed E-state index contributed by atoms with van der Waals surface area (Å²) in [5.41, 5.74) is 3.59. The van der Waals surface area contributed by atoms with Gasteiger partial charge in [0.25, 0.3) is 11.8 Å². The van der Waals surface area contributed by atoms with Gasteiger partial charge < -0.3 is 9.30 Å². The normalized spacial score (nSPS) is 13.6. The fourth-order valence-electron chi connectivity index (χ4n) is 3.84. The molecule has 2 aromatic carbocycles. The van der Waals surface area contributed by atoms with Crippen LogP contribution in [0.4, 0.5) is 0 Å². The molecule has 0 atom stereocenters. The molecule has 32 heavy (non-hydrogen) atoms. The second-order valence-electron chi connectivity index (χ2n) is 7.53. The number of imide groups is 1. The van der Waals surface area contributed by atoms with Gasteiger partial charge in [0.15, 0.2) is 12.4 Å². The molecule has 3 aromatic rings. The van der Waals surface area contributed by atoms with Crippen LogP contribution in [0.3, 0.4) is 0 Å². The number of carbonyl (C=O) groups excluding carboxylic acids is 3. The molecule has 0 unspecified atom stereocenters. The van der Waals surface area contributed by atoms with Crippen molar-refractivity contribution in [1.29, 1.82) is 0 Å². The van der Waals surface area contributed by atoms with Gasteiger partial charge in [0.1, 0.15) is 5.75 Å². The number of amides is 2. The number of ether oxygens (including phenoxy) is 1. The molecule has 0 saturated carbocycles. The maximum absolute atomic E-state index is 12.5. The number of nitrogens with zero attached hydrogens (tertiary/aromatic N) is 3. The number of ketones is 1. The molecule has 0 aliphatic carbocycles. The predicted octanol–water partition coefficient (Wildman–Crippen LogP) is 5.07. The van der Waals surface area contributed by atoms with Gasteiger partial charge in [0, 0.05) is 33.1 Å². The molecule has 0 spiro atoms. The first kappa shape index (κ1) is 22.2. The zero-order valence-electron chi connectivity index (χ0n) is 17.6. The molecular weight excluding hydrogens is 498 g/mol. The molecule has 0 bridgehead atoms. The summed E-state index contributed by atoms with van der Waals surface area (Å²) >= 11 is 9.53. The fraction of sp³-hybridized carbons (Fsp3) is 0.217. The highest BCUT2D eigenvalue weighted by Gasteiger charge is 2.28. The Balaban J connectivity index is 1.73. The Kier molecular flexibility index (Phi) is 5.92. The van der Waals surface area contributed by atoms with E-state index in [0.717, 1.165) is 21.9 Å². The van der Waals surface area contributed by atoms with Crippen molar-refractivity contribution in [1.82, 2.24) is 9.58 Å². The molecule has 0 fully saturated rings. The third-order valence-electron chi connectivity index (χ3n) is 5.20. The number of aromatic nitrogens is 1. The Labute approximate surface area is 197 Å². The Morgan fingerprint density at radius 2 is 1.88 bits per heavy atom. The van der Waals surface area contributed by atoms with Crippen LogP contribution in [0.2, 0.25) is 5.02 Å². The van der Waals surface area contributed by atoms with Gasteiger partial charge in [-0.2, -0.15) is 10.1 Å². The summed E-state index contributed by atoms with van der Waals surface area (Å²) in [4.78, 5) is 36.7. The molecule has 2 amide bonds. The number of Topliss-reactive ketones (excluding diaryl/α,β-unsaturated/α-hetero) is 1. The third-order valence-corrected chi connectivity index (χ3v) is 6.07. The van der Waals surface area contributed by atoms with Crippen molar-refractivity contribution in [3.8, 4) is 11.4 Å². The summed E-state index contributed by atoms with van der Waals surface area (Å²) < 4.78 is 8.29. The van der Waals surface area contributed by atoms with Crippen molar-refractivity contribution < 1.29 is 19.1 Å². The number of halogens is 2. The number of hydrogen-bond donors (Lipinski definition) is 0. The molecule has 0 radical (unpaired) electrons. The van der Waals surface area contributed by atoms with Gasteiger partial charge in [0.2, 0.25) is 0 Å². The van der Waals surface area contributed by atoms with E-state index in [4.69, 9.17) is 16.3 Å². The van der Waals surface area contributed by atoms with Crippen LogP contribution in [0.15, 0.2) is 46.0 Å². The van der Waals surface area contributed by atoms with Crippen molar-refractivity contribution in [2.24, 2.45) is 5.10 Å². The molecule has 2 heterocycles. The van der Waals surface area contributed by atoms with Crippen molar-refractivity contribution in [3.05, 3.63) is 57.2 Å². The van der Waals surface area contributed by atoms with Gasteiger partial charge in [-0.15, -0.1) is 0 Å². The van der Waals surface area contributed by atoms with Gasteiger partial charge >= 0.3 is 0 Å². The number of hydrogen-bond acceptors (Lipinski definition) is 5. The monoisotopic (exact) mass is 515 g/mol. The zero-order chi connectivity index (χ0) is 23.2. The Morgan fingerprint density at radius 1 is 1.19 bits per heavy atom. The number of rotatable bonds is 5. The Bertz CT molecular complexity index is 1310. The number of hydrazone groups is 1. The third kappa shape index (κ3) is 3.96. The minimum atomic E-state index is -0.555. The maximum atomic E-state index is 12.5. The van der Waals surface area contributed by atoms with Crippen LogP contribution >= 0.6 is 27.5 Å². The van der Waals surface area contributed by atoms with Gasteiger partial charge in [-0.05, 0) is 73.1 Å². The highest BCUT2D eigenvalue weighted by atomic mass is 79.9. The van der Waals surface area contributed by atoms with Gasteiger partial charge in [-0.3, -0.25) is 14.4 Å². The predicted molar refractivity (Wildman–Crippen MR) is 126 cm³/mol. The molecule has 164 valence electrons. The summed E-state index contributed by atoms with van der Waals surface area (Å²) in [6, 6.07) is 10.9. The Morgan fingerprint density at radius 3 is 2.47 bits per heavy atom. The first-order chi connectivity index (χ1) is 15.2. The zero-order valence-corrected chi connectivity index (χ0v) is 20.0. The molecule has 7 nitrogen and oxygen atoms in total. The minimum absolute atomic E-state index is 0.0861. The molecule has 0 N–H and O–H groups in total. The number of carbonyl (C=O) groups is 3. The number of benzene rings is 2. The summed E-state index contributed by atoms with van der Waals surface area (Å²) in [6.07, 6.45) is 0.126. The van der Waals surface area contributed by atoms with E-state index in [1.807, 2.05) is 29.7 Å². The van der Waals surface area contributed by atoms with Crippen LogP contribution in [-0.2, 0) is 9.59 Å². The van der Waals surface area contributed by atoms with Crippen molar-refractivity contribution in [2.45, 2.75) is 27.2 Å². The summed E-state index contributed by atoms with van der Waals surface area (Å²) in [7, 11) is 0. The average molecular weight is 517 g/mol. The quantitative estimate of drug-likeness (QED) is 0.443. The van der Waals surface area contributed by atoms with Crippen LogP contribution in [-0.4, -0.2) is 39.5 Å². The van der Waals surface area contributed by atoms with E-state index >= 15 is 0 Å². The van der Waals surface area contributed by atoms with E-state index in [0.29, 0.717) is 31.9 Å². The highest BCUT2D eigenvalue weighted by molar-refractivity contribution is 9.10. The van der Waals surface area contributed by atoms with Gasteiger partial charge in [-0.25, -0.2) is 0 Å². The van der Waals surface area contributed by atoms with Gasteiger partial charge in [-0.1, -0.05) is 11.6 Å². The average Bonchev–Trinajstić information content (AvgIpc) is 3.21. The van der Waals surface area contributed by atoms with Crippen molar-refractivity contribution >= 4 is 61.7 Å². The van der Waals surface area contributed by atoms with E-state index in [1.54, 1.807) is 25.1 Å². The van der Waals surface area contributed by atoms with Crippen LogP contribution in [0.5, 0.6) is 5.75 Å². The van der Waals surface area contributed by atoms with E-state index in [2.05, 4.69) is 21.0 Å². The molecule has 9 heteroatoms. The maximum Gasteiger partial charge on any atom is 0.287 e. The van der Waals surface area contributed by atoms with Crippen molar-refractivity contribution in [2.75, 3.05) is 6.61 Å².